The van der Waals surface area contributed by atoms with Crippen molar-refractivity contribution in [3.63, 3.8) is 0 Å². The lowest BCUT2D eigenvalue weighted by Crippen LogP contribution is -2.23. The number of nitrogens with two attached hydrogens (primary N) is 1. The molecule has 0 aromatic heterocycles. The second-order valence-corrected chi connectivity index (χ2v) is 5.52. The normalized spacial score (nSPS) is 11.3. The third-order valence-electron chi connectivity index (χ3n) is 3.05. The van der Waals surface area contributed by atoms with Gasteiger partial charge in [-0.3, -0.25) is 4.79 Å². The number of hydrogen-bond acceptors (Lipinski definition) is 3. The zero-order valence-corrected chi connectivity index (χ0v) is 13.5. The molecule has 5 heteroatoms. The van der Waals surface area contributed by atoms with Crippen molar-refractivity contribution in [2.75, 3.05) is 12.8 Å². The van der Waals surface area contributed by atoms with Crippen LogP contribution in [0.1, 0.15) is 22.8 Å². The number of amides is 1. The number of carbonyl (C=O) groups is 1. The Bertz CT molecular complexity index is 680. The molecule has 0 saturated carbocycles. The smallest absolute Gasteiger partial charge is 0.275 e. The topological polar surface area (TPSA) is 58.7 Å². The van der Waals surface area contributed by atoms with Gasteiger partial charge in [-0.2, -0.15) is 5.10 Å². The van der Waals surface area contributed by atoms with Crippen molar-refractivity contribution in [2.45, 2.75) is 6.92 Å². The second-order valence-electron chi connectivity index (χ2n) is 4.61. The number of nitrogen functional groups attached to an aromatic ring is 1. The van der Waals surface area contributed by atoms with E-state index in [1.165, 1.54) is 5.01 Å². The van der Waals surface area contributed by atoms with Crippen LogP contribution in [0.3, 0.4) is 0 Å². The molecule has 2 aromatic carbocycles. The molecule has 0 radical (unpaired) electrons. The van der Waals surface area contributed by atoms with E-state index in [1.807, 2.05) is 31.2 Å². The zero-order valence-electron chi connectivity index (χ0n) is 11.9. The van der Waals surface area contributed by atoms with Crippen LogP contribution in [0.15, 0.2) is 58.1 Å². The Morgan fingerprint density at radius 3 is 2.38 bits per heavy atom. The van der Waals surface area contributed by atoms with Gasteiger partial charge < -0.3 is 5.73 Å². The Hall–Kier alpha value is -2.14. The Morgan fingerprint density at radius 1 is 1.14 bits per heavy atom. The van der Waals surface area contributed by atoms with Crippen molar-refractivity contribution >= 4 is 33.2 Å². The molecule has 1 amide bonds. The number of para-hydroxylation sites is 1. The van der Waals surface area contributed by atoms with Crippen molar-refractivity contribution in [1.29, 1.82) is 0 Å². The molecule has 0 aliphatic rings. The molecule has 0 fully saturated rings. The molecule has 0 heterocycles. The minimum absolute atomic E-state index is 0.232. The number of carbonyl (C=O) groups excluding carboxylic acids is 1. The largest absolute Gasteiger partial charge is 0.398 e. The van der Waals surface area contributed by atoms with Crippen molar-refractivity contribution in [2.24, 2.45) is 5.10 Å². The van der Waals surface area contributed by atoms with Crippen LogP contribution in [0.25, 0.3) is 0 Å². The highest BCUT2D eigenvalue weighted by Crippen LogP contribution is 2.14. The molecule has 2 rings (SSSR count). The van der Waals surface area contributed by atoms with Gasteiger partial charge in [-0.1, -0.05) is 40.2 Å². The van der Waals surface area contributed by atoms with E-state index in [0.29, 0.717) is 11.3 Å². The summed E-state index contributed by atoms with van der Waals surface area (Å²) in [6, 6.07) is 14.7. The zero-order chi connectivity index (χ0) is 15.4. The molecule has 0 bridgehead atoms. The van der Waals surface area contributed by atoms with Crippen LogP contribution in [0.4, 0.5) is 5.69 Å². The van der Waals surface area contributed by atoms with Crippen molar-refractivity contribution < 1.29 is 4.79 Å². The highest BCUT2D eigenvalue weighted by Gasteiger charge is 2.14. The van der Waals surface area contributed by atoms with E-state index in [2.05, 4.69) is 21.0 Å². The van der Waals surface area contributed by atoms with E-state index >= 15 is 0 Å². The van der Waals surface area contributed by atoms with Gasteiger partial charge in [0.25, 0.3) is 5.91 Å². The minimum Gasteiger partial charge on any atom is -0.398 e. The quantitative estimate of drug-likeness (QED) is 0.525. The van der Waals surface area contributed by atoms with Gasteiger partial charge in [0.1, 0.15) is 0 Å². The lowest BCUT2D eigenvalue weighted by molar-refractivity contribution is 0.0800. The fraction of sp³-hybridized carbons (Fsp3) is 0.125. The first-order valence-corrected chi connectivity index (χ1v) is 7.22. The minimum atomic E-state index is -0.232. The molecular formula is C16H16BrN3O. The first-order valence-electron chi connectivity index (χ1n) is 6.42. The van der Waals surface area contributed by atoms with E-state index in [-0.39, 0.29) is 5.91 Å². The summed E-state index contributed by atoms with van der Waals surface area (Å²) in [5.41, 5.74) is 8.43. The summed E-state index contributed by atoms with van der Waals surface area (Å²) in [4.78, 5) is 12.3. The molecule has 0 saturated heterocycles. The number of rotatable bonds is 3. The standard InChI is InChI=1S/C16H16BrN3O/c1-11(12-7-9-13(17)10-8-12)19-20(2)16(21)14-5-3-4-6-15(14)18/h3-10H,18H2,1-2H3/b19-11-. The average molecular weight is 346 g/mol. The number of hydrazone groups is 1. The van der Waals surface area contributed by atoms with Gasteiger partial charge in [-0.05, 0) is 36.8 Å². The van der Waals surface area contributed by atoms with Crippen molar-refractivity contribution in [3.05, 3.63) is 64.1 Å². The number of hydrogen-bond donors (Lipinski definition) is 1. The third kappa shape index (κ3) is 3.70. The van der Waals surface area contributed by atoms with Gasteiger partial charge in [0.05, 0.1) is 11.3 Å². The van der Waals surface area contributed by atoms with Crippen LogP contribution >= 0.6 is 15.9 Å². The molecule has 0 unspecified atom stereocenters. The van der Waals surface area contributed by atoms with Gasteiger partial charge in [-0.15, -0.1) is 0 Å². The Morgan fingerprint density at radius 2 is 1.76 bits per heavy atom. The maximum Gasteiger partial charge on any atom is 0.275 e. The number of nitrogens with zero attached hydrogens (tertiary/aromatic N) is 2. The Kier molecular flexibility index (Phi) is 4.75. The molecule has 0 aliphatic heterocycles. The first-order chi connectivity index (χ1) is 9.99. The summed E-state index contributed by atoms with van der Waals surface area (Å²) < 4.78 is 1.00. The summed E-state index contributed by atoms with van der Waals surface area (Å²) in [6.07, 6.45) is 0. The van der Waals surface area contributed by atoms with Gasteiger partial charge in [0.2, 0.25) is 0 Å². The summed E-state index contributed by atoms with van der Waals surface area (Å²) in [5, 5.41) is 5.63. The van der Waals surface area contributed by atoms with Crippen LogP contribution in [-0.2, 0) is 0 Å². The molecule has 0 aliphatic carbocycles. The Balaban J connectivity index is 2.22. The van der Waals surface area contributed by atoms with Gasteiger partial charge in [0, 0.05) is 17.2 Å². The molecule has 2 aromatic rings. The number of halogens is 1. The monoisotopic (exact) mass is 345 g/mol. The van der Waals surface area contributed by atoms with Crippen LogP contribution in [0.2, 0.25) is 0 Å². The maximum absolute atomic E-state index is 12.3. The van der Waals surface area contributed by atoms with E-state index in [1.54, 1.807) is 31.3 Å². The van der Waals surface area contributed by atoms with Crippen LogP contribution in [0, 0.1) is 0 Å². The number of anilines is 1. The predicted octanol–water partition coefficient (Wildman–Crippen LogP) is 3.53. The fourth-order valence-corrected chi connectivity index (χ4v) is 2.15. The predicted molar refractivity (Wildman–Crippen MR) is 89.3 cm³/mol. The molecule has 21 heavy (non-hydrogen) atoms. The molecule has 2 N–H and O–H groups in total. The molecule has 4 nitrogen and oxygen atoms in total. The maximum atomic E-state index is 12.3. The summed E-state index contributed by atoms with van der Waals surface area (Å²) >= 11 is 3.39. The summed E-state index contributed by atoms with van der Waals surface area (Å²) in [7, 11) is 1.62. The van der Waals surface area contributed by atoms with Crippen molar-refractivity contribution in [3.8, 4) is 0 Å². The highest BCUT2D eigenvalue weighted by atomic mass is 79.9. The lowest BCUT2D eigenvalue weighted by atomic mass is 10.1. The molecule has 0 spiro atoms. The molecule has 108 valence electrons. The van der Waals surface area contributed by atoms with E-state index < -0.39 is 0 Å². The van der Waals surface area contributed by atoms with Gasteiger partial charge in [-0.25, -0.2) is 5.01 Å². The van der Waals surface area contributed by atoms with E-state index in [9.17, 15) is 4.79 Å². The lowest BCUT2D eigenvalue weighted by Gasteiger charge is -2.14. The average Bonchev–Trinajstić information content (AvgIpc) is 2.47. The highest BCUT2D eigenvalue weighted by molar-refractivity contribution is 9.10. The fourth-order valence-electron chi connectivity index (χ4n) is 1.89. The van der Waals surface area contributed by atoms with Crippen LogP contribution in [0.5, 0.6) is 0 Å². The van der Waals surface area contributed by atoms with E-state index in [4.69, 9.17) is 5.73 Å². The van der Waals surface area contributed by atoms with E-state index in [0.717, 1.165) is 15.7 Å². The van der Waals surface area contributed by atoms with Crippen molar-refractivity contribution in [1.82, 2.24) is 5.01 Å². The van der Waals surface area contributed by atoms with Gasteiger partial charge >= 0.3 is 0 Å². The summed E-state index contributed by atoms with van der Waals surface area (Å²) in [6.45, 7) is 1.86. The molecular weight excluding hydrogens is 330 g/mol. The van der Waals surface area contributed by atoms with Crippen LogP contribution in [-0.4, -0.2) is 23.7 Å². The SMILES string of the molecule is C/C(=N/N(C)C(=O)c1ccccc1N)c1ccc(Br)cc1. The third-order valence-corrected chi connectivity index (χ3v) is 3.58. The van der Waals surface area contributed by atoms with Crippen LogP contribution < -0.4 is 5.73 Å². The van der Waals surface area contributed by atoms with Gasteiger partial charge in [0.15, 0.2) is 0 Å². The number of benzene rings is 2. The second kappa shape index (κ2) is 6.54. The summed E-state index contributed by atoms with van der Waals surface area (Å²) in [5.74, 6) is -0.232. The molecule has 0 atom stereocenters. The Labute approximate surface area is 132 Å². The first kappa shape index (κ1) is 15.3.